The Morgan fingerprint density at radius 1 is 1.24 bits per heavy atom. The van der Waals surface area contributed by atoms with E-state index in [1.807, 2.05) is 0 Å². The molecule has 1 aromatic rings. The first-order chi connectivity index (χ1) is 10.1. The third kappa shape index (κ3) is 3.55. The zero-order chi connectivity index (χ0) is 15.3. The number of hydrogen-bond acceptors (Lipinski definition) is 3. The summed E-state index contributed by atoms with van der Waals surface area (Å²) >= 11 is 0. The maximum atomic E-state index is 12.5. The first-order valence-electron chi connectivity index (χ1n) is 7.60. The van der Waals surface area contributed by atoms with Gasteiger partial charge in [-0.2, -0.15) is 5.26 Å². The van der Waals surface area contributed by atoms with Crippen LogP contribution in [0.1, 0.15) is 60.9 Å². The van der Waals surface area contributed by atoms with E-state index in [9.17, 15) is 15.2 Å². The average Bonchev–Trinajstić information content (AvgIpc) is 2.45. The van der Waals surface area contributed by atoms with Gasteiger partial charge in [-0.3, -0.25) is 4.79 Å². The molecule has 1 saturated carbocycles. The lowest BCUT2D eigenvalue weighted by atomic mass is 9.84. The molecule has 0 bridgehead atoms. The minimum Gasteiger partial charge on any atom is -0.508 e. The molecular formula is C17H22N2O2. The third-order valence-electron chi connectivity index (χ3n) is 4.32. The molecule has 0 aliphatic heterocycles. The quantitative estimate of drug-likeness (QED) is 0.874. The molecule has 1 aromatic carbocycles. The number of nitrogens with zero attached hydrogens (tertiary/aromatic N) is 1. The molecule has 112 valence electrons. The summed E-state index contributed by atoms with van der Waals surface area (Å²) in [6, 6.07) is 7.21. The number of phenols is 1. The lowest BCUT2D eigenvalue weighted by Crippen LogP contribution is -2.47. The summed E-state index contributed by atoms with van der Waals surface area (Å²) in [5, 5.41) is 22.2. The molecule has 0 atom stereocenters. The second-order valence-electron chi connectivity index (χ2n) is 5.87. The summed E-state index contributed by atoms with van der Waals surface area (Å²) in [7, 11) is 0. The van der Waals surface area contributed by atoms with Crippen molar-refractivity contribution in [1.29, 1.82) is 5.26 Å². The Kier molecular flexibility index (Phi) is 4.85. The van der Waals surface area contributed by atoms with Crippen LogP contribution in [0.2, 0.25) is 0 Å². The highest BCUT2D eigenvalue weighted by atomic mass is 16.3. The van der Waals surface area contributed by atoms with Crippen LogP contribution in [-0.4, -0.2) is 16.6 Å². The van der Waals surface area contributed by atoms with E-state index in [2.05, 4.69) is 11.4 Å². The van der Waals surface area contributed by atoms with Crippen LogP contribution >= 0.6 is 0 Å². The standard InChI is InChI=1S/C17H22N2O2/c1-13-14(8-7-9-15(13)20)16(21)19-17(12-18)10-5-3-2-4-6-11-17/h7-9,20H,2-6,10-11H2,1H3,(H,19,21). The van der Waals surface area contributed by atoms with Gasteiger partial charge in [0.2, 0.25) is 0 Å². The normalized spacial score (nSPS) is 18.1. The summed E-state index contributed by atoms with van der Waals surface area (Å²) in [4.78, 5) is 12.5. The van der Waals surface area contributed by atoms with Gasteiger partial charge in [-0.1, -0.05) is 38.2 Å². The maximum absolute atomic E-state index is 12.5. The fourth-order valence-electron chi connectivity index (χ4n) is 2.93. The van der Waals surface area contributed by atoms with Gasteiger partial charge in [0.1, 0.15) is 11.3 Å². The maximum Gasteiger partial charge on any atom is 0.252 e. The zero-order valence-electron chi connectivity index (χ0n) is 12.5. The van der Waals surface area contributed by atoms with Gasteiger partial charge in [0.15, 0.2) is 0 Å². The van der Waals surface area contributed by atoms with Crippen molar-refractivity contribution in [3.8, 4) is 11.8 Å². The Labute approximate surface area is 125 Å². The number of phenolic OH excluding ortho intramolecular Hbond substituents is 1. The van der Waals surface area contributed by atoms with E-state index in [0.29, 0.717) is 24.0 Å². The minimum absolute atomic E-state index is 0.103. The van der Waals surface area contributed by atoms with Crippen LogP contribution in [0.4, 0.5) is 0 Å². The Morgan fingerprint density at radius 2 is 1.86 bits per heavy atom. The van der Waals surface area contributed by atoms with Crippen LogP contribution in [-0.2, 0) is 0 Å². The van der Waals surface area contributed by atoms with Crippen LogP contribution < -0.4 is 5.32 Å². The van der Waals surface area contributed by atoms with E-state index in [0.717, 1.165) is 25.7 Å². The van der Waals surface area contributed by atoms with Crippen LogP contribution in [0.15, 0.2) is 18.2 Å². The first-order valence-corrected chi connectivity index (χ1v) is 7.60. The second kappa shape index (κ2) is 6.62. The summed E-state index contributed by atoms with van der Waals surface area (Å²) in [6.07, 6.45) is 6.77. The van der Waals surface area contributed by atoms with Gasteiger partial charge in [-0.05, 0) is 31.9 Å². The van der Waals surface area contributed by atoms with Crippen LogP contribution in [0, 0.1) is 18.3 Å². The minimum atomic E-state index is -0.768. The molecule has 0 aromatic heterocycles. The number of carbonyl (C=O) groups is 1. The van der Waals surface area contributed by atoms with Gasteiger partial charge >= 0.3 is 0 Å². The molecule has 0 spiro atoms. The smallest absolute Gasteiger partial charge is 0.252 e. The number of amides is 1. The summed E-state index contributed by atoms with van der Waals surface area (Å²) in [5.41, 5.74) is 0.218. The zero-order valence-corrected chi connectivity index (χ0v) is 12.5. The van der Waals surface area contributed by atoms with E-state index < -0.39 is 5.54 Å². The van der Waals surface area contributed by atoms with Crippen molar-refractivity contribution in [2.24, 2.45) is 0 Å². The molecule has 2 rings (SSSR count). The molecular weight excluding hydrogens is 264 g/mol. The number of benzene rings is 1. The largest absolute Gasteiger partial charge is 0.508 e. The molecule has 0 radical (unpaired) electrons. The van der Waals surface area contributed by atoms with Gasteiger partial charge < -0.3 is 10.4 Å². The van der Waals surface area contributed by atoms with Crippen molar-refractivity contribution in [3.05, 3.63) is 29.3 Å². The van der Waals surface area contributed by atoms with Crippen molar-refractivity contribution in [2.45, 2.75) is 57.4 Å². The molecule has 1 fully saturated rings. The van der Waals surface area contributed by atoms with E-state index >= 15 is 0 Å². The van der Waals surface area contributed by atoms with Crippen molar-refractivity contribution >= 4 is 5.91 Å². The van der Waals surface area contributed by atoms with Crippen LogP contribution in [0.5, 0.6) is 5.75 Å². The lowest BCUT2D eigenvalue weighted by Gasteiger charge is -2.30. The van der Waals surface area contributed by atoms with Crippen molar-refractivity contribution in [1.82, 2.24) is 5.32 Å². The number of rotatable bonds is 2. The fourth-order valence-corrected chi connectivity index (χ4v) is 2.93. The molecule has 2 N–H and O–H groups in total. The van der Waals surface area contributed by atoms with E-state index in [1.165, 1.54) is 6.42 Å². The Morgan fingerprint density at radius 3 is 2.48 bits per heavy atom. The van der Waals surface area contributed by atoms with Gasteiger partial charge in [0, 0.05) is 11.1 Å². The topological polar surface area (TPSA) is 73.1 Å². The molecule has 1 aliphatic rings. The molecule has 4 nitrogen and oxygen atoms in total. The molecule has 1 aliphatic carbocycles. The first kappa shape index (κ1) is 15.4. The molecule has 0 saturated heterocycles. The number of hydrogen-bond donors (Lipinski definition) is 2. The van der Waals surface area contributed by atoms with E-state index in [1.54, 1.807) is 25.1 Å². The lowest BCUT2D eigenvalue weighted by molar-refractivity contribution is 0.0906. The van der Waals surface area contributed by atoms with Crippen LogP contribution in [0.3, 0.4) is 0 Å². The predicted molar refractivity (Wildman–Crippen MR) is 81.0 cm³/mol. The highest BCUT2D eigenvalue weighted by molar-refractivity contribution is 5.96. The monoisotopic (exact) mass is 286 g/mol. The van der Waals surface area contributed by atoms with Gasteiger partial charge in [0.05, 0.1) is 6.07 Å². The Hall–Kier alpha value is -2.02. The molecule has 4 heteroatoms. The summed E-state index contributed by atoms with van der Waals surface area (Å²) in [5.74, 6) is -0.170. The van der Waals surface area contributed by atoms with Crippen molar-refractivity contribution in [3.63, 3.8) is 0 Å². The third-order valence-corrected chi connectivity index (χ3v) is 4.32. The number of nitrogens with one attached hydrogen (secondary N) is 1. The Bertz CT molecular complexity index is 552. The van der Waals surface area contributed by atoms with Gasteiger partial charge in [0.25, 0.3) is 5.91 Å². The summed E-state index contributed by atoms with van der Waals surface area (Å²) < 4.78 is 0. The average molecular weight is 286 g/mol. The van der Waals surface area contributed by atoms with Crippen molar-refractivity contribution < 1.29 is 9.90 Å². The second-order valence-corrected chi connectivity index (χ2v) is 5.87. The van der Waals surface area contributed by atoms with Crippen molar-refractivity contribution in [2.75, 3.05) is 0 Å². The summed E-state index contributed by atoms with van der Waals surface area (Å²) in [6.45, 7) is 1.71. The number of aromatic hydroxyl groups is 1. The van der Waals surface area contributed by atoms with Gasteiger partial charge in [-0.25, -0.2) is 0 Å². The molecule has 1 amide bonds. The van der Waals surface area contributed by atoms with Gasteiger partial charge in [-0.15, -0.1) is 0 Å². The molecule has 0 heterocycles. The SMILES string of the molecule is Cc1c(O)cccc1C(=O)NC1(C#N)CCCCCCC1. The van der Waals surface area contributed by atoms with E-state index in [4.69, 9.17) is 0 Å². The number of carbonyl (C=O) groups excluding carboxylic acids is 1. The highest BCUT2D eigenvalue weighted by Gasteiger charge is 2.32. The fraction of sp³-hybridized carbons (Fsp3) is 0.529. The van der Waals surface area contributed by atoms with E-state index in [-0.39, 0.29) is 11.7 Å². The molecule has 21 heavy (non-hydrogen) atoms. The predicted octanol–water partition coefficient (Wildman–Crippen LogP) is 3.44. The Balaban J connectivity index is 2.19. The van der Waals surface area contributed by atoms with Crippen LogP contribution in [0.25, 0.3) is 0 Å². The number of nitriles is 1. The highest BCUT2D eigenvalue weighted by Crippen LogP contribution is 2.27. The molecule has 0 unspecified atom stereocenters.